The van der Waals surface area contributed by atoms with Crippen molar-refractivity contribution in [2.24, 2.45) is 0 Å². The molecule has 0 radical (unpaired) electrons. The van der Waals surface area contributed by atoms with Crippen molar-refractivity contribution in [3.05, 3.63) is 0 Å². The quantitative estimate of drug-likeness (QED) is 0.0231. The van der Waals surface area contributed by atoms with Crippen molar-refractivity contribution in [3.8, 4) is 0 Å². The van der Waals surface area contributed by atoms with E-state index in [4.69, 9.17) is 28.4 Å². The molecular formula is C51H96O15. The van der Waals surface area contributed by atoms with Gasteiger partial charge in [0.15, 0.2) is 18.7 Å². The minimum absolute atomic E-state index is 0.173. The summed E-state index contributed by atoms with van der Waals surface area (Å²) in [6.07, 6.45) is 19.8. The molecule has 0 aliphatic carbocycles. The fourth-order valence-electron chi connectivity index (χ4n) is 8.69. The summed E-state index contributed by atoms with van der Waals surface area (Å²) in [6, 6.07) is 0. The fraction of sp³-hybridized carbons (Fsp3) is 0.961. The first-order valence-corrected chi connectivity index (χ1v) is 26.6. The number of hydrogen-bond acceptors (Lipinski definition) is 15. The Bertz CT molecular complexity index is 1160. The number of carbonyl (C=O) groups is 2. The minimum atomic E-state index is -1.76. The van der Waals surface area contributed by atoms with Crippen molar-refractivity contribution in [1.82, 2.24) is 0 Å². The zero-order chi connectivity index (χ0) is 48.2. The smallest absolute Gasteiger partial charge is 0.306 e. The topological polar surface area (TPSA) is 231 Å². The molecule has 15 nitrogen and oxygen atoms in total. The van der Waals surface area contributed by atoms with Crippen molar-refractivity contribution >= 4 is 11.9 Å². The van der Waals surface area contributed by atoms with Gasteiger partial charge in [-0.1, -0.05) is 194 Å². The van der Waals surface area contributed by atoms with Crippen LogP contribution in [0.1, 0.15) is 219 Å². The van der Waals surface area contributed by atoms with Gasteiger partial charge >= 0.3 is 11.9 Å². The molecule has 2 fully saturated rings. The van der Waals surface area contributed by atoms with E-state index in [1.165, 1.54) is 141 Å². The summed E-state index contributed by atoms with van der Waals surface area (Å²) in [5.74, 6) is -0.908. The van der Waals surface area contributed by atoms with Crippen LogP contribution in [0.3, 0.4) is 0 Å². The van der Waals surface area contributed by atoms with Crippen LogP contribution < -0.4 is 0 Å². The Hall–Kier alpha value is -1.50. The molecule has 0 spiro atoms. The Morgan fingerprint density at radius 3 is 1.18 bits per heavy atom. The highest BCUT2D eigenvalue weighted by Crippen LogP contribution is 2.27. The standard InChI is InChI=1S/C51H96O15/c1-3-5-7-9-11-13-15-17-19-21-23-25-27-29-31-33-42(53)61-36-39(64-43(54)34-32-30-28-26-24-22-20-18-16-14-12-10-8-6-4-2)37-62-50-49(60)47(58)45(56)41(66-50)38-63-51-48(59)46(57)44(55)40(35-52)65-51/h39-41,44-52,55-60H,3-38H2,1-2H3/t39-,40-,41-,44+,45+,46+,47+,48-,49-,50-,51+/m1/s1. The van der Waals surface area contributed by atoms with Gasteiger partial charge in [0, 0.05) is 12.8 Å². The van der Waals surface area contributed by atoms with Gasteiger partial charge in [-0.2, -0.15) is 0 Å². The van der Waals surface area contributed by atoms with Crippen molar-refractivity contribution in [1.29, 1.82) is 0 Å². The summed E-state index contributed by atoms with van der Waals surface area (Å²) in [7, 11) is 0. The Kier molecular flexibility index (Phi) is 36.0. The molecule has 0 aromatic heterocycles. The Labute approximate surface area is 398 Å². The molecule has 11 atom stereocenters. The van der Waals surface area contributed by atoms with E-state index in [0.29, 0.717) is 12.8 Å². The Morgan fingerprint density at radius 2 is 0.773 bits per heavy atom. The van der Waals surface area contributed by atoms with Crippen LogP contribution in [0.15, 0.2) is 0 Å². The summed E-state index contributed by atoms with van der Waals surface area (Å²) in [6.45, 7) is 2.63. The van der Waals surface area contributed by atoms with Gasteiger partial charge in [0.2, 0.25) is 0 Å². The lowest BCUT2D eigenvalue weighted by Crippen LogP contribution is -2.61. The van der Waals surface area contributed by atoms with Gasteiger partial charge in [0.25, 0.3) is 0 Å². The maximum Gasteiger partial charge on any atom is 0.306 e. The van der Waals surface area contributed by atoms with Gasteiger partial charge in [-0.3, -0.25) is 9.59 Å². The number of unbranched alkanes of at least 4 members (excludes halogenated alkanes) is 28. The molecule has 0 bridgehead atoms. The molecular weight excluding hydrogens is 853 g/mol. The second kappa shape index (κ2) is 39.2. The van der Waals surface area contributed by atoms with Crippen molar-refractivity contribution in [3.63, 3.8) is 0 Å². The number of hydrogen-bond donors (Lipinski definition) is 7. The Balaban J connectivity index is 1.79. The molecule has 7 N–H and O–H groups in total. The first-order chi connectivity index (χ1) is 32.0. The first kappa shape index (κ1) is 60.6. The SMILES string of the molecule is CCCCCCCCCCCCCCCCCC(=O)OC[C@H](CO[C@@H]1O[C@H](CO[C@H]2O[C@H](CO)[C@H](O)[C@H](O)[C@H]2O)[C@H](O)[C@H](O)[C@H]1O)OC(=O)CCCCCCCCCCCCCCCCC. The van der Waals surface area contributed by atoms with Crippen molar-refractivity contribution in [2.75, 3.05) is 26.4 Å². The van der Waals surface area contributed by atoms with E-state index < -0.39 is 92.7 Å². The van der Waals surface area contributed by atoms with E-state index in [-0.39, 0.29) is 26.1 Å². The van der Waals surface area contributed by atoms with Crippen LogP contribution in [0.4, 0.5) is 0 Å². The number of carbonyl (C=O) groups excluding carboxylic acids is 2. The third-order valence-corrected chi connectivity index (χ3v) is 13.1. The molecule has 2 heterocycles. The van der Waals surface area contributed by atoms with Crippen LogP contribution in [-0.4, -0.2) is 142 Å². The third kappa shape index (κ3) is 27.0. The molecule has 66 heavy (non-hydrogen) atoms. The predicted octanol–water partition coefficient (Wildman–Crippen LogP) is 7.61. The molecule has 15 heteroatoms. The molecule has 0 amide bonds. The maximum atomic E-state index is 13.0. The Morgan fingerprint density at radius 1 is 0.424 bits per heavy atom. The normalized spacial score (nSPS) is 26.1. The fourth-order valence-corrected chi connectivity index (χ4v) is 8.69. The van der Waals surface area contributed by atoms with Gasteiger partial charge in [-0.05, 0) is 12.8 Å². The lowest BCUT2D eigenvalue weighted by Gasteiger charge is -2.42. The largest absolute Gasteiger partial charge is 0.462 e. The molecule has 2 aliphatic rings. The van der Waals surface area contributed by atoms with E-state index in [9.17, 15) is 45.3 Å². The minimum Gasteiger partial charge on any atom is -0.462 e. The number of aliphatic hydroxyl groups is 7. The highest BCUT2D eigenvalue weighted by molar-refractivity contribution is 5.70. The van der Waals surface area contributed by atoms with E-state index in [1.807, 2.05) is 0 Å². The maximum absolute atomic E-state index is 13.0. The van der Waals surface area contributed by atoms with Gasteiger partial charge < -0.3 is 64.2 Å². The molecule has 390 valence electrons. The van der Waals surface area contributed by atoms with Gasteiger partial charge in [0.1, 0.15) is 55.4 Å². The zero-order valence-corrected chi connectivity index (χ0v) is 41.2. The molecule has 0 unspecified atom stereocenters. The second-order valence-electron chi connectivity index (χ2n) is 19.1. The summed E-state index contributed by atoms with van der Waals surface area (Å²) in [4.78, 5) is 25.8. The van der Waals surface area contributed by atoms with Gasteiger partial charge in [-0.25, -0.2) is 0 Å². The highest BCUT2D eigenvalue weighted by atomic mass is 16.7. The molecule has 0 aromatic rings. The van der Waals surface area contributed by atoms with E-state index in [1.54, 1.807) is 0 Å². The van der Waals surface area contributed by atoms with E-state index in [0.717, 1.165) is 38.5 Å². The monoisotopic (exact) mass is 949 g/mol. The predicted molar refractivity (Wildman–Crippen MR) is 252 cm³/mol. The molecule has 2 rings (SSSR count). The van der Waals surface area contributed by atoms with Crippen molar-refractivity contribution in [2.45, 2.75) is 287 Å². The number of ether oxygens (including phenoxy) is 6. The summed E-state index contributed by atoms with van der Waals surface area (Å²) in [5.41, 5.74) is 0. The number of aliphatic hydroxyl groups excluding tert-OH is 7. The van der Waals surface area contributed by atoms with Crippen LogP contribution in [0.2, 0.25) is 0 Å². The van der Waals surface area contributed by atoms with Crippen LogP contribution in [0.25, 0.3) is 0 Å². The first-order valence-electron chi connectivity index (χ1n) is 26.6. The second-order valence-corrected chi connectivity index (χ2v) is 19.1. The lowest BCUT2D eigenvalue weighted by atomic mass is 9.98. The van der Waals surface area contributed by atoms with E-state index >= 15 is 0 Å². The molecule has 2 saturated heterocycles. The van der Waals surface area contributed by atoms with Gasteiger partial charge in [-0.15, -0.1) is 0 Å². The average Bonchev–Trinajstić information content (AvgIpc) is 3.31. The van der Waals surface area contributed by atoms with Crippen LogP contribution >= 0.6 is 0 Å². The average molecular weight is 949 g/mol. The van der Waals surface area contributed by atoms with E-state index in [2.05, 4.69) is 13.8 Å². The molecule has 0 saturated carbocycles. The zero-order valence-electron chi connectivity index (χ0n) is 41.2. The summed E-state index contributed by atoms with van der Waals surface area (Å²) < 4.78 is 33.6. The van der Waals surface area contributed by atoms with Crippen LogP contribution in [-0.2, 0) is 38.0 Å². The van der Waals surface area contributed by atoms with Crippen LogP contribution in [0.5, 0.6) is 0 Å². The number of rotatable bonds is 42. The number of esters is 2. The molecule has 0 aromatic carbocycles. The van der Waals surface area contributed by atoms with Crippen molar-refractivity contribution < 1.29 is 73.8 Å². The summed E-state index contributed by atoms with van der Waals surface area (Å²) in [5, 5.41) is 72.1. The van der Waals surface area contributed by atoms with Gasteiger partial charge in [0.05, 0.1) is 19.8 Å². The highest BCUT2D eigenvalue weighted by Gasteiger charge is 2.47. The third-order valence-electron chi connectivity index (χ3n) is 13.1. The molecule has 2 aliphatic heterocycles. The summed E-state index contributed by atoms with van der Waals surface area (Å²) >= 11 is 0. The van der Waals surface area contributed by atoms with Crippen LogP contribution in [0, 0.1) is 0 Å². The lowest BCUT2D eigenvalue weighted by molar-refractivity contribution is -0.332.